The summed E-state index contributed by atoms with van der Waals surface area (Å²) in [6.45, 7) is 21.4. The zero-order valence-electron chi connectivity index (χ0n) is 31.5. The van der Waals surface area contributed by atoms with Crippen LogP contribution < -0.4 is 10.4 Å². The molecule has 0 bridgehead atoms. The van der Waals surface area contributed by atoms with Crippen LogP contribution in [0.3, 0.4) is 0 Å². The van der Waals surface area contributed by atoms with Crippen LogP contribution in [0.5, 0.6) is 0 Å². The molecule has 0 N–H and O–H groups in total. The predicted octanol–water partition coefficient (Wildman–Crippen LogP) is 7.40. The van der Waals surface area contributed by atoms with E-state index in [-0.39, 0.29) is 76.3 Å². The van der Waals surface area contributed by atoms with E-state index in [0.29, 0.717) is 19.4 Å². The van der Waals surface area contributed by atoms with E-state index in [9.17, 15) is 14.4 Å². The lowest BCUT2D eigenvalue weighted by atomic mass is 9.49. The SMILES string of the molecule is C=C1[C@@H](OC(C)=O)C[C@H]2[C@H](CO[Si](c3ccccc3)(c3ccccc3)C(C)(C)C)[C@@H]([C@@]3(C)CC[C@H](OC(C)=O)C[C@@H]3COC(C)=O)CC[C@]12C. The minimum Gasteiger partial charge on any atom is -0.466 e. The normalized spacial score (nSPS) is 31.4. The van der Waals surface area contributed by atoms with Gasteiger partial charge in [0.2, 0.25) is 0 Å². The van der Waals surface area contributed by atoms with Gasteiger partial charge in [-0.25, -0.2) is 0 Å². The second-order valence-corrected chi connectivity index (χ2v) is 21.0. The summed E-state index contributed by atoms with van der Waals surface area (Å²) in [5.74, 6) is -0.356. The molecule has 3 aliphatic rings. The van der Waals surface area contributed by atoms with Gasteiger partial charge >= 0.3 is 17.9 Å². The number of benzene rings is 2. The first-order valence-electron chi connectivity index (χ1n) is 18.4. The van der Waals surface area contributed by atoms with Gasteiger partial charge in [0.1, 0.15) is 12.2 Å². The third-order valence-electron chi connectivity index (χ3n) is 12.8. The molecule has 3 aliphatic carbocycles. The number of fused-ring (bicyclic) bond motifs is 1. The highest BCUT2D eigenvalue weighted by atomic mass is 28.4. The molecule has 3 fully saturated rings. The average Bonchev–Trinajstić information content (AvgIpc) is 3.30. The fraction of sp³-hybridized carbons (Fsp3) is 0.595. The third-order valence-corrected chi connectivity index (χ3v) is 17.8. The molecule has 0 aromatic heterocycles. The van der Waals surface area contributed by atoms with Crippen molar-refractivity contribution in [2.45, 2.75) is 111 Å². The highest BCUT2D eigenvalue weighted by molar-refractivity contribution is 6.99. The first kappa shape index (κ1) is 38.0. The second kappa shape index (κ2) is 14.8. The van der Waals surface area contributed by atoms with Gasteiger partial charge in [0.15, 0.2) is 0 Å². The van der Waals surface area contributed by atoms with Crippen LogP contribution in [0.25, 0.3) is 0 Å². The molecular weight excluding hydrogens is 645 g/mol. The van der Waals surface area contributed by atoms with E-state index < -0.39 is 8.32 Å². The molecule has 8 heteroatoms. The molecule has 0 radical (unpaired) electrons. The van der Waals surface area contributed by atoms with Gasteiger partial charge < -0.3 is 18.6 Å². The summed E-state index contributed by atoms with van der Waals surface area (Å²) >= 11 is 0. The number of rotatable bonds is 10. The minimum absolute atomic E-state index is 0.00286. The van der Waals surface area contributed by atoms with Crippen molar-refractivity contribution in [2.24, 2.45) is 34.5 Å². The molecule has 272 valence electrons. The molecule has 7 nitrogen and oxygen atoms in total. The molecule has 0 unspecified atom stereocenters. The monoisotopic (exact) mass is 702 g/mol. The summed E-state index contributed by atoms with van der Waals surface area (Å²) < 4.78 is 25.2. The predicted molar refractivity (Wildman–Crippen MR) is 198 cm³/mol. The van der Waals surface area contributed by atoms with Crippen LogP contribution in [0.1, 0.15) is 93.9 Å². The summed E-state index contributed by atoms with van der Waals surface area (Å²) in [7, 11) is -2.88. The summed E-state index contributed by atoms with van der Waals surface area (Å²) in [4.78, 5) is 36.5. The molecule has 0 amide bonds. The van der Waals surface area contributed by atoms with E-state index in [1.54, 1.807) is 0 Å². The van der Waals surface area contributed by atoms with Crippen molar-refractivity contribution in [3.8, 4) is 0 Å². The maximum atomic E-state index is 12.3. The van der Waals surface area contributed by atoms with Gasteiger partial charge in [-0.1, -0.05) is 102 Å². The molecule has 3 saturated carbocycles. The first-order valence-corrected chi connectivity index (χ1v) is 20.4. The molecule has 0 aliphatic heterocycles. The van der Waals surface area contributed by atoms with E-state index in [4.69, 9.17) is 18.6 Å². The van der Waals surface area contributed by atoms with Gasteiger partial charge in [-0.15, -0.1) is 0 Å². The van der Waals surface area contributed by atoms with Crippen molar-refractivity contribution in [3.63, 3.8) is 0 Å². The summed E-state index contributed by atoms with van der Waals surface area (Å²) in [5, 5.41) is 2.29. The zero-order chi connectivity index (χ0) is 36.5. The summed E-state index contributed by atoms with van der Waals surface area (Å²) in [6.07, 6.45) is 4.29. The Morgan fingerprint density at radius 1 is 0.780 bits per heavy atom. The van der Waals surface area contributed by atoms with Gasteiger partial charge in [0, 0.05) is 33.3 Å². The van der Waals surface area contributed by atoms with Crippen LogP contribution in [0, 0.1) is 34.5 Å². The lowest BCUT2D eigenvalue weighted by Gasteiger charge is -2.57. The fourth-order valence-electron chi connectivity index (χ4n) is 10.2. The van der Waals surface area contributed by atoms with E-state index in [1.165, 1.54) is 31.1 Å². The topological polar surface area (TPSA) is 88.1 Å². The Labute approximate surface area is 300 Å². The van der Waals surface area contributed by atoms with Gasteiger partial charge in [0.05, 0.1) is 6.61 Å². The maximum Gasteiger partial charge on any atom is 0.303 e. The Hall–Kier alpha value is -3.23. The number of carbonyl (C=O) groups excluding carboxylic acids is 3. The van der Waals surface area contributed by atoms with Crippen molar-refractivity contribution in [3.05, 3.63) is 72.8 Å². The zero-order valence-corrected chi connectivity index (χ0v) is 32.5. The van der Waals surface area contributed by atoms with E-state index in [2.05, 4.69) is 102 Å². The van der Waals surface area contributed by atoms with Crippen LogP contribution in [0.15, 0.2) is 72.8 Å². The maximum absolute atomic E-state index is 12.3. The van der Waals surface area contributed by atoms with E-state index in [0.717, 1.165) is 31.3 Å². The fourth-order valence-corrected chi connectivity index (χ4v) is 14.8. The number of hydrogen-bond acceptors (Lipinski definition) is 7. The standard InChI is InChI=1S/C42H58O7Si/c1-28-39(49-31(4)45)25-38-36(27-47-50(40(5,6)7,34-16-12-10-13-17-34)35-18-14-11-15-19-35)37(21-23-41(28,38)8)42(9)22-20-33(48-30(3)44)24-32(42)26-46-29(2)43/h10-19,32-33,36-39H,1,20-27H2,2-9H3/t32-,33+,36-,37+,38+,39+,41-,42+/m1/s1. The van der Waals surface area contributed by atoms with Crippen molar-refractivity contribution in [1.82, 2.24) is 0 Å². The van der Waals surface area contributed by atoms with Gasteiger partial charge in [-0.2, -0.15) is 0 Å². The van der Waals surface area contributed by atoms with Crippen LogP contribution >= 0.6 is 0 Å². The number of carbonyl (C=O) groups is 3. The molecule has 0 heterocycles. The highest BCUT2D eigenvalue weighted by Gasteiger charge is 2.61. The number of hydrogen-bond donors (Lipinski definition) is 0. The molecule has 5 rings (SSSR count). The molecule has 2 aromatic rings. The quantitative estimate of drug-likeness (QED) is 0.110. The highest BCUT2D eigenvalue weighted by Crippen LogP contribution is 2.64. The van der Waals surface area contributed by atoms with Crippen molar-refractivity contribution in [2.75, 3.05) is 13.2 Å². The Kier molecular flexibility index (Phi) is 11.2. The third kappa shape index (κ3) is 7.25. The second-order valence-electron chi connectivity index (χ2n) is 16.7. The molecule has 2 aromatic carbocycles. The molecule has 0 spiro atoms. The van der Waals surface area contributed by atoms with Crippen molar-refractivity contribution >= 4 is 36.6 Å². The largest absolute Gasteiger partial charge is 0.466 e. The Morgan fingerprint density at radius 3 is 1.88 bits per heavy atom. The van der Waals surface area contributed by atoms with Crippen LogP contribution in [-0.4, -0.2) is 51.6 Å². The lowest BCUT2D eigenvalue weighted by molar-refractivity contribution is -0.162. The molecule has 0 saturated heterocycles. The Morgan fingerprint density at radius 2 is 1.36 bits per heavy atom. The number of esters is 3. The van der Waals surface area contributed by atoms with Crippen molar-refractivity contribution in [1.29, 1.82) is 0 Å². The van der Waals surface area contributed by atoms with Crippen molar-refractivity contribution < 1.29 is 33.0 Å². The first-order chi connectivity index (χ1) is 23.5. The Balaban J connectivity index is 1.61. The van der Waals surface area contributed by atoms with Crippen LogP contribution in [0.4, 0.5) is 0 Å². The van der Waals surface area contributed by atoms with E-state index >= 15 is 0 Å². The average molecular weight is 703 g/mol. The summed E-state index contributed by atoms with van der Waals surface area (Å²) in [6, 6.07) is 21.5. The van der Waals surface area contributed by atoms with E-state index in [1.807, 2.05) is 0 Å². The number of ether oxygens (including phenoxy) is 3. The van der Waals surface area contributed by atoms with Crippen LogP contribution in [0.2, 0.25) is 5.04 Å². The van der Waals surface area contributed by atoms with Gasteiger partial charge in [-0.05, 0) is 88.1 Å². The van der Waals surface area contributed by atoms with Gasteiger partial charge in [0.25, 0.3) is 8.32 Å². The molecular formula is C42H58O7Si. The smallest absolute Gasteiger partial charge is 0.303 e. The minimum atomic E-state index is -2.88. The Bertz CT molecular complexity index is 1490. The van der Waals surface area contributed by atoms with Crippen LogP contribution in [-0.2, 0) is 33.0 Å². The molecule has 8 atom stereocenters. The molecule has 50 heavy (non-hydrogen) atoms. The summed E-state index contributed by atoms with van der Waals surface area (Å²) in [5.41, 5.74) is 0.576. The van der Waals surface area contributed by atoms with Gasteiger partial charge in [-0.3, -0.25) is 14.4 Å². The lowest BCUT2D eigenvalue weighted by Crippen LogP contribution is -2.67.